The molecule has 0 amide bonds. The molecule has 0 radical (unpaired) electrons. The molecule has 0 atom stereocenters. The Bertz CT molecular complexity index is 69.3. The van der Waals surface area contributed by atoms with Crippen LogP contribution in [0.4, 0.5) is 0 Å². The second-order valence-electron chi connectivity index (χ2n) is 1.28. The maximum Gasteiger partial charge on any atom is 0.0851 e. The summed E-state index contributed by atoms with van der Waals surface area (Å²) in [5, 5.41) is 20.2. The molecule has 0 aliphatic carbocycles. The Morgan fingerprint density at radius 2 is 1.86 bits per heavy atom. The van der Waals surface area contributed by atoms with Gasteiger partial charge in [-0.05, 0) is 6.92 Å². The smallest absolute Gasteiger partial charge is 0.0851 e. The Kier molecular flexibility index (Phi) is 0.983. The standard InChI is InChI=1S/C2H4N2O3/c1-2-3(5)7-4(2)6/h2H,1H3/q-2. The minimum atomic E-state index is -0.667. The van der Waals surface area contributed by atoms with E-state index in [1.165, 1.54) is 6.92 Å². The first-order valence-corrected chi connectivity index (χ1v) is 1.82. The molecule has 0 aromatic heterocycles. The molecule has 0 saturated carbocycles. The van der Waals surface area contributed by atoms with Gasteiger partial charge in [-0.2, -0.15) is 0 Å². The van der Waals surface area contributed by atoms with E-state index in [1.807, 2.05) is 0 Å². The minimum Gasteiger partial charge on any atom is -0.759 e. The zero-order valence-corrected chi connectivity index (χ0v) is 3.70. The van der Waals surface area contributed by atoms with Crippen LogP contribution in [0, 0.1) is 10.4 Å². The lowest BCUT2D eigenvalue weighted by Crippen LogP contribution is -2.54. The average molecular weight is 104 g/mol. The maximum atomic E-state index is 9.89. The summed E-state index contributed by atoms with van der Waals surface area (Å²) < 4.78 is 0. The molecular weight excluding hydrogens is 100 g/mol. The third-order valence-corrected chi connectivity index (χ3v) is 0.771. The predicted octanol–water partition coefficient (Wildman–Crippen LogP) is -0.208. The molecule has 0 aromatic rings. The van der Waals surface area contributed by atoms with Crippen LogP contribution in [-0.4, -0.2) is 16.6 Å². The third kappa shape index (κ3) is 0.601. The van der Waals surface area contributed by atoms with Crippen molar-refractivity contribution in [3.05, 3.63) is 10.4 Å². The van der Waals surface area contributed by atoms with Crippen molar-refractivity contribution in [2.75, 3.05) is 0 Å². The van der Waals surface area contributed by atoms with E-state index in [-0.39, 0.29) is 10.5 Å². The van der Waals surface area contributed by atoms with Crippen LogP contribution in [0.25, 0.3) is 0 Å². The molecule has 1 fully saturated rings. The second-order valence-corrected chi connectivity index (χ2v) is 1.28. The topological polar surface area (TPSA) is 61.8 Å². The fourth-order valence-corrected chi connectivity index (χ4v) is 0.251. The zero-order chi connectivity index (χ0) is 5.44. The van der Waals surface area contributed by atoms with Crippen molar-refractivity contribution in [3.8, 4) is 0 Å². The summed E-state index contributed by atoms with van der Waals surface area (Å²) in [6.07, 6.45) is -0.667. The van der Waals surface area contributed by atoms with Gasteiger partial charge in [-0.3, -0.25) is 0 Å². The lowest BCUT2D eigenvalue weighted by Gasteiger charge is -2.54. The van der Waals surface area contributed by atoms with E-state index >= 15 is 0 Å². The van der Waals surface area contributed by atoms with Gasteiger partial charge in [0.15, 0.2) is 0 Å². The van der Waals surface area contributed by atoms with Crippen molar-refractivity contribution in [2.45, 2.75) is 13.1 Å². The normalized spacial score (nSPS) is 27.9. The molecule has 0 aromatic carbocycles. The van der Waals surface area contributed by atoms with Crippen molar-refractivity contribution in [2.24, 2.45) is 0 Å². The summed E-state index contributed by atoms with van der Waals surface area (Å²) in [6.45, 7) is 1.45. The summed E-state index contributed by atoms with van der Waals surface area (Å²) in [5.74, 6) is 0. The highest BCUT2D eigenvalue weighted by Crippen LogP contribution is 2.15. The van der Waals surface area contributed by atoms with Crippen molar-refractivity contribution >= 4 is 0 Å². The molecule has 42 valence electrons. The van der Waals surface area contributed by atoms with E-state index in [9.17, 15) is 10.4 Å². The van der Waals surface area contributed by atoms with Gasteiger partial charge in [-0.25, -0.2) is 15.4 Å². The van der Waals surface area contributed by atoms with E-state index in [0.717, 1.165) is 0 Å². The Labute approximate surface area is 40.1 Å². The van der Waals surface area contributed by atoms with Crippen LogP contribution in [0.15, 0.2) is 0 Å². The van der Waals surface area contributed by atoms with Gasteiger partial charge in [0.2, 0.25) is 0 Å². The van der Waals surface area contributed by atoms with Gasteiger partial charge in [-0.15, -0.1) is 0 Å². The highest BCUT2D eigenvalue weighted by atomic mass is 17.1. The monoisotopic (exact) mass is 104 g/mol. The number of hydrogen-bond acceptors (Lipinski definition) is 5. The fraction of sp³-hybridized carbons (Fsp3) is 1.00. The number of nitrogens with zero attached hydrogens (tertiary/aromatic N) is 2. The van der Waals surface area contributed by atoms with Crippen LogP contribution in [0.5, 0.6) is 0 Å². The Morgan fingerprint density at radius 1 is 1.43 bits per heavy atom. The highest BCUT2D eigenvalue weighted by Gasteiger charge is 2.18. The molecule has 0 unspecified atom stereocenters. The van der Waals surface area contributed by atoms with Gasteiger partial charge in [0.05, 0.1) is 6.17 Å². The molecule has 1 aliphatic rings. The third-order valence-electron chi connectivity index (χ3n) is 0.771. The number of hydrogen-bond donors (Lipinski definition) is 0. The Morgan fingerprint density at radius 3 is 1.86 bits per heavy atom. The Balaban J connectivity index is 2.29. The van der Waals surface area contributed by atoms with E-state index in [0.29, 0.717) is 0 Å². The first-order chi connectivity index (χ1) is 3.22. The van der Waals surface area contributed by atoms with Crippen LogP contribution in [0.1, 0.15) is 6.92 Å². The quantitative estimate of drug-likeness (QED) is 0.425. The maximum absolute atomic E-state index is 9.89. The molecule has 1 saturated heterocycles. The molecule has 0 bridgehead atoms. The highest BCUT2D eigenvalue weighted by molar-refractivity contribution is 4.62. The van der Waals surface area contributed by atoms with Crippen molar-refractivity contribution in [3.63, 3.8) is 0 Å². The number of hydroxylamine groups is 4. The Hall–Kier alpha value is -0.200. The number of rotatable bonds is 0. The minimum absolute atomic E-state index is 0.229. The summed E-state index contributed by atoms with van der Waals surface area (Å²) >= 11 is 0. The molecule has 7 heavy (non-hydrogen) atoms. The SMILES string of the molecule is CC1N([O-])ON1[O-]. The molecule has 0 N–H and O–H groups in total. The van der Waals surface area contributed by atoms with Crippen molar-refractivity contribution in [1.29, 1.82) is 0 Å². The van der Waals surface area contributed by atoms with Gasteiger partial charge in [0, 0.05) is 0 Å². The average Bonchev–Trinajstić information content (AvgIpc) is 1.68. The van der Waals surface area contributed by atoms with Crippen LogP contribution >= 0.6 is 0 Å². The molecular formula is C2H4N2O3-2. The van der Waals surface area contributed by atoms with Crippen LogP contribution in [-0.2, 0) is 4.94 Å². The van der Waals surface area contributed by atoms with Gasteiger partial charge in [-0.1, -0.05) is 0 Å². The molecule has 5 heteroatoms. The van der Waals surface area contributed by atoms with Gasteiger partial charge in [0.1, 0.15) is 0 Å². The molecule has 0 spiro atoms. The van der Waals surface area contributed by atoms with E-state index in [2.05, 4.69) is 4.94 Å². The van der Waals surface area contributed by atoms with E-state index < -0.39 is 6.17 Å². The summed E-state index contributed by atoms with van der Waals surface area (Å²) in [5.41, 5.74) is 0. The van der Waals surface area contributed by atoms with Crippen LogP contribution < -0.4 is 0 Å². The summed E-state index contributed by atoms with van der Waals surface area (Å²) in [7, 11) is 0. The van der Waals surface area contributed by atoms with Gasteiger partial charge >= 0.3 is 0 Å². The van der Waals surface area contributed by atoms with E-state index in [4.69, 9.17) is 0 Å². The van der Waals surface area contributed by atoms with Gasteiger partial charge in [0.25, 0.3) is 0 Å². The predicted molar refractivity (Wildman–Crippen MR) is 21.0 cm³/mol. The fourth-order valence-electron chi connectivity index (χ4n) is 0.251. The second kappa shape index (κ2) is 1.39. The zero-order valence-electron chi connectivity index (χ0n) is 3.70. The first-order valence-electron chi connectivity index (χ1n) is 1.82. The van der Waals surface area contributed by atoms with Crippen LogP contribution in [0.2, 0.25) is 0 Å². The molecule has 1 rings (SSSR count). The molecule has 1 aliphatic heterocycles. The van der Waals surface area contributed by atoms with Crippen LogP contribution in [0.3, 0.4) is 0 Å². The van der Waals surface area contributed by atoms with Crippen molar-refractivity contribution in [1.82, 2.24) is 10.5 Å². The summed E-state index contributed by atoms with van der Waals surface area (Å²) in [4.78, 5) is 3.81. The first kappa shape index (κ1) is 4.95. The summed E-state index contributed by atoms with van der Waals surface area (Å²) in [6, 6.07) is 0. The van der Waals surface area contributed by atoms with E-state index in [1.54, 1.807) is 0 Å². The molecule has 5 nitrogen and oxygen atoms in total. The lowest BCUT2D eigenvalue weighted by molar-refractivity contribution is -0.440. The van der Waals surface area contributed by atoms with Gasteiger partial charge < -0.3 is 10.4 Å². The van der Waals surface area contributed by atoms with Crippen molar-refractivity contribution < 1.29 is 4.94 Å². The largest absolute Gasteiger partial charge is 0.759 e. The molecule has 1 heterocycles. The lowest BCUT2D eigenvalue weighted by atomic mass is 10.6.